The normalized spacial score (nSPS) is 19.5. The van der Waals surface area contributed by atoms with Gasteiger partial charge in [-0.15, -0.1) is 5.10 Å². The lowest BCUT2D eigenvalue weighted by Crippen LogP contribution is -2.55. The van der Waals surface area contributed by atoms with E-state index in [1.165, 1.54) is 0 Å². The number of hydrogen-bond acceptors (Lipinski definition) is 5. The fraction of sp³-hybridized carbons (Fsp3) is 0.556. The van der Waals surface area contributed by atoms with Crippen LogP contribution in [-0.4, -0.2) is 74.9 Å². The van der Waals surface area contributed by atoms with Gasteiger partial charge < -0.3 is 10.2 Å². The molecule has 2 heterocycles. The highest BCUT2D eigenvalue weighted by Crippen LogP contribution is 2.20. The van der Waals surface area contributed by atoms with E-state index in [1.54, 1.807) is 10.7 Å². The first kappa shape index (κ1) is 17.0. The number of amides is 2. The van der Waals surface area contributed by atoms with Crippen molar-refractivity contribution < 1.29 is 9.59 Å². The van der Waals surface area contributed by atoms with Gasteiger partial charge in [-0.2, -0.15) is 0 Å². The van der Waals surface area contributed by atoms with Crippen molar-refractivity contribution in [2.75, 3.05) is 26.2 Å². The van der Waals surface area contributed by atoms with Gasteiger partial charge in [-0.1, -0.05) is 5.21 Å². The number of aryl methyl sites for hydroxylation is 1. The predicted octanol–water partition coefficient (Wildman–Crippen LogP) is 0.393. The maximum atomic E-state index is 12.8. The molecular formula is C18H24N6O2. The second kappa shape index (κ2) is 6.68. The van der Waals surface area contributed by atoms with Gasteiger partial charge in [-0.05, 0) is 38.0 Å². The number of aromatic nitrogens is 3. The average Bonchev–Trinajstić information content (AvgIpc) is 3.41. The van der Waals surface area contributed by atoms with Crippen LogP contribution < -0.4 is 5.32 Å². The molecule has 1 aliphatic heterocycles. The summed E-state index contributed by atoms with van der Waals surface area (Å²) in [5, 5.41) is 11.1. The molecule has 1 aromatic carbocycles. The summed E-state index contributed by atoms with van der Waals surface area (Å²) in [4.78, 5) is 29.0. The molecule has 2 aliphatic rings. The van der Waals surface area contributed by atoms with Gasteiger partial charge in [0.1, 0.15) is 5.52 Å². The molecule has 1 aliphatic carbocycles. The third-order valence-corrected chi connectivity index (χ3v) is 5.31. The molecule has 4 rings (SSSR count). The van der Waals surface area contributed by atoms with Gasteiger partial charge in [-0.25, -0.2) is 4.68 Å². The van der Waals surface area contributed by atoms with Crippen LogP contribution >= 0.6 is 0 Å². The van der Waals surface area contributed by atoms with Crippen LogP contribution in [0.25, 0.3) is 11.0 Å². The SMILES string of the molecule is CC(C(=O)NC1CC1)N1CCN(C(=O)c2ccc3nnn(C)c3c2)CC1. The number of hydrogen-bond donors (Lipinski definition) is 1. The molecular weight excluding hydrogens is 332 g/mol. The summed E-state index contributed by atoms with van der Waals surface area (Å²) in [5.41, 5.74) is 2.28. The Bertz CT molecular complexity index is 835. The van der Waals surface area contributed by atoms with E-state index in [1.807, 2.05) is 31.0 Å². The van der Waals surface area contributed by atoms with Crippen molar-refractivity contribution in [3.8, 4) is 0 Å². The molecule has 8 heteroatoms. The highest BCUT2D eigenvalue weighted by atomic mass is 16.2. The average molecular weight is 356 g/mol. The topological polar surface area (TPSA) is 83.4 Å². The van der Waals surface area contributed by atoms with E-state index in [2.05, 4.69) is 20.5 Å². The van der Waals surface area contributed by atoms with Gasteiger partial charge >= 0.3 is 0 Å². The lowest BCUT2D eigenvalue weighted by Gasteiger charge is -2.37. The van der Waals surface area contributed by atoms with Crippen LogP contribution in [0, 0.1) is 0 Å². The molecule has 26 heavy (non-hydrogen) atoms. The number of piperazine rings is 1. The number of nitrogens with zero attached hydrogens (tertiary/aromatic N) is 5. The Morgan fingerprint density at radius 2 is 1.92 bits per heavy atom. The largest absolute Gasteiger partial charge is 0.352 e. The highest BCUT2D eigenvalue weighted by Gasteiger charge is 2.31. The molecule has 1 N–H and O–H groups in total. The number of carbonyl (C=O) groups is 2. The van der Waals surface area contributed by atoms with Crippen LogP contribution in [0.1, 0.15) is 30.1 Å². The number of carbonyl (C=O) groups excluding carboxylic acids is 2. The quantitative estimate of drug-likeness (QED) is 0.857. The molecule has 1 unspecified atom stereocenters. The summed E-state index contributed by atoms with van der Waals surface area (Å²) >= 11 is 0. The third-order valence-electron chi connectivity index (χ3n) is 5.31. The van der Waals surface area contributed by atoms with Crippen molar-refractivity contribution in [3.63, 3.8) is 0 Å². The summed E-state index contributed by atoms with van der Waals surface area (Å²) in [5.74, 6) is 0.115. The standard InChI is InChI=1S/C18H24N6O2/c1-12(17(25)19-14-4-5-14)23-7-9-24(10-8-23)18(26)13-3-6-15-16(11-13)22(2)21-20-15/h3,6,11-12,14H,4-5,7-10H2,1-2H3,(H,19,25). The first-order chi connectivity index (χ1) is 12.5. The van der Waals surface area contributed by atoms with E-state index in [-0.39, 0.29) is 17.9 Å². The molecule has 1 aromatic heterocycles. The Hall–Kier alpha value is -2.48. The van der Waals surface area contributed by atoms with Crippen LogP contribution in [0.3, 0.4) is 0 Å². The summed E-state index contributed by atoms with van der Waals surface area (Å²) in [6.07, 6.45) is 2.19. The van der Waals surface area contributed by atoms with Crippen LogP contribution in [0.2, 0.25) is 0 Å². The molecule has 1 atom stereocenters. The van der Waals surface area contributed by atoms with E-state index in [4.69, 9.17) is 0 Å². The Balaban J connectivity index is 1.37. The predicted molar refractivity (Wildman–Crippen MR) is 96.6 cm³/mol. The first-order valence-electron chi connectivity index (χ1n) is 9.16. The van der Waals surface area contributed by atoms with Crippen LogP contribution in [0.15, 0.2) is 18.2 Å². The number of benzene rings is 1. The summed E-state index contributed by atoms with van der Waals surface area (Å²) in [6.45, 7) is 4.61. The van der Waals surface area contributed by atoms with Crippen LogP contribution in [-0.2, 0) is 11.8 Å². The van der Waals surface area contributed by atoms with E-state index in [0.717, 1.165) is 23.9 Å². The second-order valence-corrected chi connectivity index (χ2v) is 7.20. The van der Waals surface area contributed by atoms with Gasteiger partial charge in [-0.3, -0.25) is 14.5 Å². The van der Waals surface area contributed by atoms with Crippen LogP contribution in [0.4, 0.5) is 0 Å². The Labute approximate surface area is 152 Å². The van der Waals surface area contributed by atoms with E-state index in [0.29, 0.717) is 37.8 Å². The lowest BCUT2D eigenvalue weighted by atomic mass is 10.1. The molecule has 2 aromatic rings. The molecule has 2 amide bonds. The summed E-state index contributed by atoms with van der Waals surface area (Å²) < 4.78 is 1.67. The van der Waals surface area contributed by atoms with Gasteiger partial charge in [0.25, 0.3) is 5.91 Å². The smallest absolute Gasteiger partial charge is 0.254 e. The van der Waals surface area contributed by atoms with Crippen LogP contribution in [0.5, 0.6) is 0 Å². The van der Waals surface area contributed by atoms with Crippen molar-refractivity contribution in [1.82, 2.24) is 30.1 Å². The molecule has 0 spiro atoms. The van der Waals surface area contributed by atoms with E-state index in [9.17, 15) is 9.59 Å². The highest BCUT2D eigenvalue weighted by molar-refractivity contribution is 5.97. The monoisotopic (exact) mass is 356 g/mol. The zero-order chi connectivity index (χ0) is 18.3. The zero-order valence-electron chi connectivity index (χ0n) is 15.2. The fourth-order valence-electron chi connectivity index (χ4n) is 3.37. The summed E-state index contributed by atoms with van der Waals surface area (Å²) in [7, 11) is 1.82. The molecule has 8 nitrogen and oxygen atoms in total. The van der Waals surface area contributed by atoms with Crippen molar-refractivity contribution in [2.24, 2.45) is 7.05 Å². The van der Waals surface area contributed by atoms with Gasteiger partial charge in [0.2, 0.25) is 5.91 Å². The minimum Gasteiger partial charge on any atom is -0.352 e. The van der Waals surface area contributed by atoms with Crippen molar-refractivity contribution in [3.05, 3.63) is 23.8 Å². The Morgan fingerprint density at radius 1 is 1.19 bits per heavy atom. The van der Waals surface area contributed by atoms with Crippen molar-refractivity contribution in [1.29, 1.82) is 0 Å². The number of fused-ring (bicyclic) bond motifs is 1. The van der Waals surface area contributed by atoms with Gasteiger partial charge in [0, 0.05) is 44.8 Å². The minimum absolute atomic E-state index is 0.0165. The summed E-state index contributed by atoms with van der Waals surface area (Å²) in [6, 6.07) is 5.71. The Morgan fingerprint density at radius 3 is 2.62 bits per heavy atom. The van der Waals surface area contributed by atoms with Gasteiger partial charge in [0.15, 0.2) is 0 Å². The van der Waals surface area contributed by atoms with Gasteiger partial charge in [0.05, 0.1) is 11.6 Å². The third kappa shape index (κ3) is 3.29. The number of rotatable bonds is 4. The maximum absolute atomic E-state index is 12.8. The lowest BCUT2D eigenvalue weighted by molar-refractivity contribution is -0.126. The van der Waals surface area contributed by atoms with E-state index < -0.39 is 0 Å². The van der Waals surface area contributed by atoms with E-state index >= 15 is 0 Å². The molecule has 0 bridgehead atoms. The molecule has 0 radical (unpaired) electrons. The minimum atomic E-state index is -0.148. The van der Waals surface area contributed by atoms with Crippen molar-refractivity contribution in [2.45, 2.75) is 31.8 Å². The van der Waals surface area contributed by atoms with Crippen molar-refractivity contribution >= 4 is 22.8 Å². The molecule has 1 saturated carbocycles. The Kier molecular flexibility index (Phi) is 4.36. The second-order valence-electron chi connectivity index (χ2n) is 7.20. The molecule has 2 fully saturated rings. The number of nitrogens with one attached hydrogen (secondary N) is 1. The molecule has 1 saturated heterocycles. The fourth-order valence-corrected chi connectivity index (χ4v) is 3.37. The molecule has 138 valence electrons. The first-order valence-corrected chi connectivity index (χ1v) is 9.16. The maximum Gasteiger partial charge on any atom is 0.254 e. The zero-order valence-corrected chi connectivity index (χ0v) is 15.2.